The van der Waals surface area contributed by atoms with Crippen molar-refractivity contribution in [2.24, 2.45) is 0 Å². The molecule has 1 saturated heterocycles. The van der Waals surface area contributed by atoms with Crippen LogP contribution < -0.4 is 5.32 Å². The highest BCUT2D eigenvalue weighted by molar-refractivity contribution is 5.83. The first-order chi connectivity index (χ1) is 6.16. The SMILES string of the molecule is [CH2]CNC(=O)N1CCC[C@H]1C(=O)O. The Balaban J connectivity index is 2.57. The molecule has 0 aromatic heterocycles. The van der Waals surface area contributed by atoms with E-state index in [9.17, 15) is 9.59 Å². The maximum absolute atomic E-state index is 11.3. The Morgan fingerprint density at radius 2 is 2.31 bits per heavy atom. The highest BCUT2D eigenvalue weighted by Gasteiger charge is 2.33. The maximum atomic E-state index is 11.3. The van der Waals surface area contributed by atoms with Gasteiger partial charge in [0.1, 0.15) is 6.04 Å². The minimum atomic E-state index is -0.934. The fraction of sp³-hybridized carbons (Fsp3) is 0.625. The van der Waals surface area contributed by atoms with Gasteiger partial charge >= 0.3 is 12.0 Å². The molecular weight excluding hydrogens is 172 g/mol. The van der Waals surface area contributed by atoms with Crippen LogP contribution in [0.4, 0.5) is 4.79 Å². The Morgan fingerprint density at radius 3 is 2.85 bits per heavy atom. The van der Waals surface area contributed by atoms with Crippen LogP contribution in [0.3, 0.4) is 0 Å². The van der Waals surface area contributed by atoms with Crippen LogP contribution in [0.1, 0.15) is 12.8 Å². The van der Waals surface area contributed by atoms with E-state index in [4.69, 9.17) is 5.11 Å². The molecule has 1 aliphatic heterocycles. The molecule has 0 spiro atoms. The van der Waals surface area contributed by atoms with Gasteiger partial charge in [-0.2, -0.15) is 0 Å². The minimum absolute atomic E-state index is 0.279. The van der Waals surface area contributed by atoms with Gasteiger partial charge < -0.3 is 15.3 Å². The Kier molecular flexibility index (Phi) is 3.11. The lowest BCUT2D eigenvalue weighted by Gasteiger charge is -2.21. The van der Waals surface area contributed by atoms with Crippen molar-refractivity contribution in [2.75, 3.05) is 13.1 Å². The average Bonchev–Trinajstić information content (AvgIpc) is 2.52. The summed E-state index contributed by atoms with van der Waals surface area (Å²) in [5.41, 5.74) is 0. The van der Waals surface area contributed by atoms with Crippen LogP contribution in [0.25, 0.3) is 0 Å². The number of amides is 2. The zero-order chi connectivity index (χ0) is 9.84. The number of hydrogen-bond donors (Lipinski definition) is 2. The quantitative estimate of drug-likeness (QED) is 0.640. The number of carbonyl (C=O) groups excluding carboxylic acids is 1. The van der Waals surface area contributed by atoms with Gasteiger partial charge in [0.15, 0.2) is 0 Å². The van der Waals surface area contributed by atoms with Gasteiger partial charge in [-0.1, -0.05) is 0 Å². The lowest BCUT2D eigenvalue weighted by atomic mass is 10.2. The zero-order valence-electron chi connectivity index (χ0n) is 7.32. The molecule has 13 heavy (non-hydrogen) atoms. The number of nitrogens with one attached hydrogen (secondary N) is 1. The third kappa shape index (κ3) is 2.11. The number of carboxylic acid groups (broad SMARTS) is 1. The predicted octanol–water partition coefficient (Wildman–Crippen LogP) is 0.0791. The molecular formula is C8H13N2O3. The van der Waals surface area contributed by atoms with Crippen molar-refractivity contribution in [2.45, 2.75) is 18.9 Å². The Labute approximate surface area is 76.7 Å². The summed E-state index contributed by atoms with van der Waals surface area (Å²) in [6, 6.07) is -0.994. The summed E-state index contributed by atoms with van der Waals surface area (Å²) < 4.78 is 0. The monoisotopic (exact) mass is 185 g/mol. The van der Waals surface area contributed by atoms with Crippen molar-refractivity contribution in [3.63, 3.8) is 0 Å². The number of carbonyl (C=O) groups is 2. The number of carboxylic acids is 1. The van der Waals surface area contributed by atoms with E-state index in [-0.39, 0.29) is 12.6 Å². The van der Waals surface area contributed by atoms with Crippen LogP contribution in [0.2, 0.25) is 0 Å². The molecule has 0 aromatic rings. The number of urea groups is 1. The van der Waals surface area contributed by atoms with E-state index in [1.807, 2.05) is 0 Å². The summed E-state index contributed by atoms with van der Waals surface area (Å²) in [4.78, 5) is 23.3. The third-order valence-electron chi connectivity index (χ3n) is 2.07. The molecule has 1 rings (SSSR count). The normalized spacial score (nSPS) is 21.6. The van der Waals surface area contributed by atoms with Gasteiger partial charge in [-0.3, -0.25) is 0 Å². The zero-order valence-corrected chi connectivity index (χ0v) is 7.32. The van der Waals surface area contributed by atoms with Crippen LogP contribution in [0, 0.1) is 6.92 Å². The second-order valence-electron chi connectivity index (χ2n) is 2.92. The van der Waals surface area contributed by atoms with E-state index in [2.05, 4.69) is 12.2 Å². The van der Waals surface area contributed by atoms with Crippen LogP contribution >= 0.6 is 0 Å². The molecule has 0 aliphatic carbocycles. The summed E-state index contributed by atoms with van der Waals surface area (Å²) in [6.07, 6.45) is 1.29. The molecule has 73 valence electrons. The maximum Gasteiger partial charge on any atom is 0.326 e. The molecule has 1 heterocycles. The molecule has 0 saturated carbocycles. The molecule has 2 N–H and O–H groups in total. The first-order valence-electron chi connectivity index (χ1n) is 4.23. The Morgan fingerprint density at radius 1 is 1.62 bits per heavy atom. The van der Waals surface area contributed by atoms with E-state index in [0.29, 0.717) is 13.0 Å². The summed E-state index contributed by atoms with van der Waals surface area (Å²) in [6.45, 7) is 4.26. The van der Waals surface area contributed by atoms with Gasteiger partial charge in [-0.05, 0) is 19.8 Å². The predicted molar refractivity (Wildman–Crippen MR) is 46.1 cm³/mol. The van der Waals surface area contributed by atoms with Gasteiger partial charge in [-0.25, -0.2) is 9.59 Å². The highest BCUT2D eigenvalue weighted by Crippen LogP contribution is 2.16. The highest BCUT2D eigenvalue weighted by atomic mass is 16.4. The fourth-order valence-corrected chi connectivity index (χ4v) is 1.48. The molecule has 5 heteroatoms. The summed E-state index contributed by atoms with van der Waals surface area (Å²) in [5, 5.41) is 11.2. The molecule has 5 nitrogen and oxygen atoms in total. The van der Waals surface area contributed by atoms with Gasteiger partial charge in [0.2, 0.25) is 0 Å². The number of hydrogen-bond acceptors (Lipinski definition) is 2. The number of likely N-dealkylation sites (tertiary alicyclic amines) is 1. The van der Waals surface area contributed by atoms with Gasteiger partial charge in [-0.15, -0.1) is 0 Å². The molecule has 2 amide bonds. The van der Waals surface area contributed by atoms with Gasteiger partial charge in [0, 0.05) is 13.1 Å². The fourth-order valence-electron chi connectivity index (χ4n) is 1.48. The molecule has 1 radical (unpaired) electrons. The van der Waals surface area contributed by atoms with Crippen LogP contribution in [0.5, 0.6) is 0 Å². The molecule has 0 aromatic carbocycles. The summed E-state index contributed by atoms with van der Waals surface area (Å²) in [5.74, 6) is -0.934. The number of aliphatic carboxylic acids is 1. The summed E-state index contributed by atoms with van der Waals surface area (Å²) in [7, 11) is 0. The van der Waals surface area contributed by atoms with E-state index in [1.54, 1.807) is 0 Å². The molecule has 1 aliphatic rings. The van der Waals surface area contributed by atoms with Crippen molar-refractivity contribution in [1.29, 1.82) is 0 Å². The molecule has 1 atom stereocenters. The van der Waals surface area contributed by atoms with E-state index in [1.165, 1.54) is 4.90 Å². The largest absolute Gasteiger partial charge is 0.480 e. The van der Waals surface area contributed by atoms with Gasteiger partial charge in [0.25, 0.3) is 0 Å². The minimum Gasteiger partial charge on any atom is -0.480 e. The first kappa shape index (κ1) is 9.83. The molecule has 0 unspecified atom stereocenters. The van der Waals surface area contributed by atoms with E-state index >= 15 is 0 Å². The third-order valence-corrected chi connectivity index (χ3v) is 2.07. The standard InChI is InChI=1S/C8H13N2O3/c1-2-9-8(13)10-5-3-4-6(10)7(11)12/h6H,1-5H2,(H,9,13)(H,11,12)/t6-/m0/s1. The Bertz CT molecular complexity index is 217. The van der Waals surface area contributed by atoms with E-state index < -0.39 is 12.0 Å². The van der Waals surface area contributed by atoms with Crippen molar-refractivity contribution in [3.8, 4) is 0 Å². The first-order valence-corrected chi connectivity index (χ1v) is 4.23. The van der Waals surface area contributed by atoms with Crippen LogP contribution in [-0.4, -0.2) is 41.1 Å². The second kappa shape index (κ2) is 4.11. The number of nitrogens with zero attached hydrogens (tertiary/aromatic N) is 1. The smallest absolute Gasteiger partial charge is 0.326 e. The average molecular weight is 185 g/mol. The Hall–Kier alpha value is -1.26. The van der Waals surface area contributed by atoms with Crippen LogP contribution in [0.15, 0.2) is 0 Å². The lowest BCUT2D eigenvalue weighted by Crippen LogP contribution is -2.45. The van der Waals surface area contributed by atoms with Crippen molar-refractivity contribution >= 4 is 12.0 Å². The number of rotatable bonds is 2. The molecule has 1 fully saturated rings. The van der Waals surface area contributed by atoms with Crippen molar-refractivity contribution < 1.29 is 14.7 Å². The van der Waals surface area contributed by atoms with Crippen molar-refractivity contribution in [1.82, 2.24) is 10.2 Å². The summed E-state index contributed by atoms with van der Waals surface area (Å²) >= 11 is 0. The second-order valence-corrected chi connectivity index (χ2v) is 2.92. The molecule has 0 bridgehead atoms. The topological polar surface area (TPSA) is 69.6 Å². The van der Waals surface area contributed by atoms with Crippen molar-refractivity contribution in [3.05, 3.63) is 6.92 Å². The van der Waals surface area contributed by atoms with Gasteiger partial charge in [0.05, 0.1) is 0 Å². The van der Waals surface area contributed by atoms with E-state index in [0.717, 1.165) is 6.42 Å². The van der Waals surface area contributed by atoms with Crippen LogP contribution in [-0.2, 0) is 4.79 Å². The lowest BCUT2D eigenvalue weighted by molar-refractivity contribution is -0.141.